The number of nitrogens with one attached hydrogen (secondary N) is 2. The van der Waals surface area contributed by atoms with Crippen molar-refractivity contribution in [1.82, 2.24) is 19.3 Å². The Hall–Kier alpha value is -2.86. The van der Waals surface area contributed by atoms with Crippen molar-refractivity contribution in [2.75, 3.05) is 32.6 Å². The van der Waals surface area contributed by atoms with Crippen LogP contribution in [0.5, 0.6) is 11.5 Å². The van der Waals surface area contributed by atoms with Crippen molar-refractivity contribution in [3.8, 4) is 22.8 Å². The molecule has 0 aliphatic carbocycles. The zero-order chi connectivity index (χ0) is 25.7. The van der Waals surface area contributed by atoms with Crippen molar-refractivity contribution in [2.45, 2.75) is 17.7 Å². The van der Waals surface area contributed by atoms with E-state index < -0.39 is 10.0 Å². The first kappa shape index (κ1) is 26.2. The summed E-state index contributed by atoms with van der Waals surface area (Å²) in [7, 11) is -0.709. The molecule has 0 spiro atoms. The molecule has 0 saturated carbocycles. The average Bonchev–Trinajstić information content (AvgIpc) is 3.26. The molecule has 4 rings (SSSR count). The lowest BCUT2D eigenvalue weighted by molar-refractivity contribution is 0.354. The second-order valence-corrected chi connectivity index (χ2v) is 10.8. The summed E-state index contributed by atoms with van der Waals surface area (Å²) in [6.07, 6.45) is 3.04. The topological polar surface area (TPSA) is 107 Å². The van der Waals surface area contributed by atoms with Crippen LogP contribution in [-0.2, 0) is 10.0 Å². The van der Waals surface area contributed by atoms with Crippen molar-refractivity contribution >= 4 is 49.0 Å². The summed E-state index contributed by atoms with van der Waals surface area (Å²) < 4.78 is 40.8. The molecule has 190 valence electrons. The fraction of sp³-hybridized carbons (Fsp3) is 0.250. The molecule has 2 aromatic carbocycles. The van der Waals surface area contributed by atoms with E-state index in [1.807, 2.05) is 30.3 Å². The van der Waals surface area contributed by atoms with Crippen molar-refractivity contribution in [1.29, 1.82) is 0 Å². The highest BCUT2D eigenvalue weighted by atomic mass is 79.9. The molecule has 4 aromatic rings. The van der Waals surface area contributed by atoms with Gasteiger partial charge in [0.05, 0.1) is 35.5 Å². The Morgan fingerprint density at radius 1 is 1.03 bits per heavy atom. The summed E-state index contributed by atoms with van der Waals surface area (Å²) in [6.45, 7) is 0.902. The second-order valence-electron chi connectivity index (χ2n) is 7.78. The number of fused-ring (bicyclic) bond motifs is 1. The molecule has 0 aliphatic heterocycles. The zero-order valence-electron chi connectivity index (χ0n) is 19.7. The number of ether oxygens (including phenoxy) is 2. The fourth-order valence-electron chi connectivity index (χ4n) is 3.61. The minimum atomic E-state index is -3.67. The van der Waals surface area contributed by atoms with Crippen LogP contribution in [0.15, 0.2) is 64.1 Å². The zero-order valence-corrected chi connectivity index (χ0v) is 22.8. The highest BCUT2D eigenvalue weighted by molar-refractivity contribution is 9.10. The molecule has 0 fully saturated rings. The van der Waals surface area contributed by atoms with E-state index in [1.165, 1.54) is 26.4 Å². The van der Waals surface area contributed by atoms with Gasteiger partial charge in [-0.3, -0.25) is 0 Å². The predicted molar refractivity (Wildman–Crippen MR) is 144 cm³/mol. The van der Waals surface area contributed by atoms with Gasteiger partial charge in [-0.05, 0) is 47.0 Å². The number of nitrogens with zero attached hydrogens (tertiary/aromatic N) is 3. The molecule has 0 bridgehead atoms. The minimum Gasteiger partial charge on any atom is -0.493 e. The lowest BCUT2D eigenvalue weighted by atomic mass is 10.1. The van der Waals surface area contributed by atoms with E-state index in [2.05, 4.69) is 31.1 Å². The number of sulfonamides is 1. The van der Waals surface area contributed by atoms with Gasteiger partial charge in [-0.2, -0.15) is 9.61 Å². The first-order valence-corrected chi connectivity index (χ1v) is 13.7. The van der Waals surface area contributed by atoms with Crippen LogP contribution in [0.4, 0.5) is 5.82 Å². The molecule has 2 N–H and O–H groups in total. The van der Waals surface area contributed by atoms with Gasteiger partial charge in [0.25, 0.3) is 0 Å². The van der Waals surface area contributed by atoms with Crippen molar-refractivity contribution < 1.29 is 17.9 Å². The minimum absolute atomic E-state index is 0.119. The molecule has 0 atom stereocenters. The predicted octanol–water partition coefficient (Wildman–Crippen LogP) is 5.00. The van der Waals surface area contributed by atoms with Crippen LogP contribution in [0.3, 0.4) is 0 Å². The molecule has 12 heteroatoms. The average molecular weight is 595 g/mol. The van der Waals surface area contributed by atoms with Crippen LogP contribution in [0.1, 0.15) is 12.8 Å². The van der Waals surface area contributed by atoms with Crippen molar-refractivity contribution in [3.63, 3.8) is 0 Å². The smallest absolute Gasteiger partial charge is 0.240 e. The molecule has 0 amide bonds. The van der Waals surface area contributed by atoms with E-state index in [0.717, 1.165) is 28.0 Å². The van der Waals surface area contributed by atoms with Gasteiger partial charge < -0.3 is 14.8 Å². The van der Waals surface area contributed by atoms with Gasteiger partial charge in [-0.15, -0.1) is 0 Å². The Morgan fingerprint density at radius 3 is 2.53 bits per heavy atom. The van der Waals surface area contributed by atoms with Crippen LogP contribution in [0.25, 0.3) is 16.9 Å². The SMILES string of the molecule is COc1ccc(S(=O)(=O)NCCCCNc2cc(-c3ccccc3Cl)nc3c(Br)cnn23)cc1OC. The summed E-state index contributed by atoms with van der Waals surface area (Å²) >= 11 is 9.88. The highest BCUT2D eigenvalue weighted by Crippen LogP contribution is 2.31. The summed E-state index contributed by atoms with van der Waals surface area (Å²) in [6, 6.07) is 13.9. The van der Waals surface area contributed by atoms with E-state index in [-0.39, 0.29) is 4.90 Å². The number of hydrogen-bond donors (Lipinski definition) is 2. The molecule has 9 nitrogen and oxygen atoms in total. The fourth-order valence-corrected chi connectivity index (χ4v) is 5.28. The van der Waals surface area contributed by atoms with Gasteiger partial charge >= 0.3 is 0 Å². The molecule has 36 heavy (non-hydrogen) atoms. The molecule has 0 saturated heterocycles. The number of halogens is 2. The van der Waals surface area contributed by atoms with Crippen LogP contribution in [0, 0.1) is 0 Å². The number of anilines is 1. The van der Waals surface area contributed by atoms with E-state index in [0.29, 0.717) is 41.7 Å². The molecular weight excluding hydrogens is 570 g/mol. The number of methoxy groups -OCH3 is 2. The number of aromatic nitrogens is 3. The molecule has 0 unspecified atom stereocenters. The third-order valence-electron chi connectivity index (χ3n) is 5.45. The van der Waals surface area contributed by atoms with Gasteiger partial charge in [0, 0.05) is 35.8 Å². The number of rotatable bonds is 11. The third-order valence-corrected chi connectivity index (χ3v) is 7.79. The van der Waals surface area contributed by atoms with Gasteiger partial charge in [0.2, 0.25) is 10.0 Å². The molecule has 2 heterocycles. The highest BCUT2D eigenvalue weighted by Gasteiger charge is 2.17. The summed E-state index contributed by atoms with van der Waals surface area (Å²) in [5.41, 5.74) is 2.21. The first-order chi connectivity index (χ1) is 17.3. The van der Waals surface area contributed by atoms with Gasteiger partial charge in [-0.25, -0.2) is 18.1 Å². The summed E-state index contributed by atoms with van der Waals surface area (Å²) in [5, 5.41) is 8.37. The Balaban J connectivity index is 1.37. The largest absolute Gasteiger partial charge is 0.493 e. The van der Waals surface area contributed by atoms with E-state index in [1.54, 1.807) is 16.8 Å². The maximum absolute atomic E-state index is 12.6. The van der Waals surface area contributed by atoms with Gasteiger partial charge in [0.15, 0.2) is 17.1 Å². The van der Waals surface area contributed by atoms with E-state index >= 15 is 0 Å². The molecular formula is C24H25BrClN5O4S. The second kappa shape index (κ2) is 11.5. The summed E-state index contributed by atoms with van der Waals surface area (Å²) in [4.78, 5) is 4.82. The number of benzene rings is 2. The quantitative estimate of drug-likeness (QED) is 0.235. The van der Waals surface area contributed by atoms with Crippen molar-refractivity contribution in [3.05, 3.63) is 64.2 Å². The van der Waals surface area contributed by atoms with Crippen LogP contribution in [0.2, 0.25) is 5.02 Å². The van der Waals surface area contributed by atoms with Gasteiger partial charge in [0.1, 0.15) is 5.82 Å². The Bertz CT molecular complexity index is 1480. The first-order valence-electron chi connectivity index (χ1n) is 11.1. The Morgan fingerprint density at radius 2 is 1.78 bits per heavy atom. The maximum atomic E-state index is 12.6. The lowest BCUT2D eigenvalue weighted by Crippen LogP contribution is -2.25. The normalized spacial score (nSPS) is 11.6. The molecule has 0 radical (unpaired) electrons. The summed E-state index contributed by atoms with van der Waals surface area (Å²) in [5.74, 6) is 1.58. The third kappa shape index (κ3) is 5.75. The van der Waals surface area contributed by atoms with Crippen LogP contribution in [-0.4, -0.2) is 50.3 Å². The van der Waals surface area contributed by atoms with Crippen LogP contribution < -0.4 is 19.5 Å². The molecule has 0 aliphatic rings. The lowest BCUT2D eigenvalue weighted by Gasteiger charge is -2.12. The Kier molecular flexibility index (Phi) is 8.35. The van der Waals surface area contributed by atoms with Crippen LogP contribution >= 0.6 is 27.5 Å². The monoisotopic (exact) mass is 593 g/mol. The van der Waals surface area contributed by atoms with E-state index in [4.69, 9.17) is 26.1 Å². The standard InChI is InChI=1S/C24H25BrClN5O4S/c1-34-21-10-9-16(13-22(21)35-2)36(32,33)29-12-6-5-11-27-23-14-20(17-7-3-4-8-19(17)26)30-24-18(25)15-28-31(23)24/h3-4,7-10,13-15,27,29H,5-6,11-12H2,1-2H3. The van der Waals surface area contributed by atoms with Gasteiger partial charge in [-0.1, -0.05) is 29.8 Å². The van der Waals surface area contributed by atoms with E-state index in [9.17, 15) is 8.42 Å². The Labute approximate surface area is 223 Å². The maximum Gasteiger partial charge on any atom is 0.240 e. The number of unbranched alkanes of at least 4 members (excludes halogenated alkanes) is 1. The number of hydrogen-bond acceptors (Lipinski definition) is 7. The molecule has 2 aromatic heterocycles. The van der Waals surface area contributed by atoms with Crippen molar-refractivity contribution in [2.24, 2.45) is 0 Å².